The number of β-lactam (4-membered cyclic amide) rings is 1. The van der Waals surface area contributed by atoms with Gasteiger partial charge in [0.25, 0.3) is 11.8 Å². The van der Waals surface area contributed by atoms with Gasteiger partial charge in [0.1, 0.15) is 22.8 Å². The van der Waals surface area contributed by atoms with Gasteiger partial charge in [-0.2, -0.15) is 0 Å². The molecule has 7 N–H and O–H groups in total. The van der Waals surface area contributed by atoms with Crippen molar-refractivity contribution < 1.29 is 34.2 Å². The van der Waals surface area contributed by atoms with E-state index < -0.39 is 40.8 Å². The Morgan fingerprint density at radius 1 is 1.32 bits per heavy atom. The quantitative estimate of drug-likeness (QED) is 0.171. The minimum Gasteiger partial charge on any atom is -0.478 e. The van der Waals surface area contributed by atoms with Gasteiger partial charge in [-0.1, -0.05) is 5.16 Å². The Hall–Kier alpha value is -3.17. The summed E-state index contributed by atoms with van der Waals surface area (Å²) in [5, 5.41) is 26.5. The van der Waals surface area contributed by atoms with Crippen LogP contribution in [0.1, 0.15) is 31.4 Å². The first-order chi connectivity index (χ1) is 16.2. The van der Waals surface area contributed by atoms with Crippen LogP contribution in [0, 0.1) is 0 Å². The van der Waals surface area contributed by atoms with E-state index in [1.54, 1.807) is 0 Å². The number of hydrogen-bond donors (Lipinski definition) is 5. The summed E-state index contributed by atoms with van der Waals surface area (Å²) in [6.07, 6.45) is 1.76. The Balaban J connectivity index is 1.57. The van der Waals surface area contributed by atoms with Gasteiger partial charge < -0.3 is 31.8 Å². The number of fused-ring (bicyclic) bond motifs is 1. The van der Waals surface area contributed by atoms with E-state index in [1.165, 1.54) is 17.1 Å². The number of aliphatic carboxylic acids is 2. The average molecular weight is 511 g/mol. The van der Waals surface area contributed by atoms with E-state index in [2.05, 4.69) is 15.5 Å². The molecule has 13 nitrogen and oxygen atoms in total. The van der Waals surface area contributed by atoms with Crippen LogP contribution >= 0.6 is 23.1 Å². The van der Waals surface area contributed by atoms with Crippen molar-refractivity contribution >= 4 is 57.7 Å². The van der Waals surface area contributed by atoms with Gasteiger partial charge in [-0.3, -0.25) is 14.5 Å². The summed E-state index contributed by atoms with van der Waals surface area (Å²) in [5.41, 5.74) is 9.74. The van der Waals surface area contributed by atoms with Gasteiger partial charge >= 0.3 is 11.9 Å². The lowest BCUT2D eigenvalue weighted by Gasteiger charge is -2.49. The SMILES string of the molecule is NCC1=C(C(=O)O)N2C(=O)C(NC(=O)/C(=N\OC3(C(=O)O)CCCC3)c3csc(N)n3)[C@@H]2SC1. The van der Waals surface area contributed by atoms with Gasteiger partial charge in [-0.15, -0.1) is 23.1 Å². The lowest BCUT2D eigenvalue weighted by Crippen LogP contribution is -2.71. The number of nitrogen functional groups attached to an aromatic ring is 1. The maximum atomic E-state index is 13.1. The number of thioether (sulfide) groups is 1. The van der Waals surface area contributed by atoms with Crippen LogP contribution < -0.4 is 16.8 Å². The molecular weight excluding hydrogens is 488 g/mol. The molecule has 182 valence electrons. The molecule has 1 aromatic heterocycles. The average Bonchev–Trinajstić information content (AvgIpc) is 3.46. The molecule has 15 heteroatoms. The molecule has 1 saturated carbocycles. The molecule has 3 aliphatic rings. The molecule has 2 atom stereocenters. The van der Waals surface area contributed by atoms with E-state index in [-0.39, 0.29) is 41.6 Å². The molecular formula is C19H22N6O7S2. The highest BCUT2D eigenvalue weighted by atomic mass is 32.2. The van der Waals surface area contributed by atoms with Crippen molar-refractivity contribution in [2.24, 2.45) is 10.9 Å². The van der Waals surface area contributed by atoms with Crippen LogP contribution in [-0.4, -0.2) is 78.9 Å². The Morgan fingerprint density at radius 3 is 2.59 bits per heavy atom. The van der Waals surface area contributed by atoms with Gasteiger partial charge in [-0.05, 0) is 18.4 Å². The minimum atomic E-state index is -1.55. The summed E-state index contributed by atoms with van der Waals surface area (Å²) in [6.45, 7) is -0.00706. The number of thiazole rings is 1. The molecule has 0 bridgehead atoms. The van der Waals surface area contributed by atoms with Crippen LogP contribution in [0.5, 0.6) is 0 Å². The van der Waals surface area contributed by atoms with Gasteiger partial charge in [0.15, 0.2) is 10.8 Å². The number of aromatic nitrogens is 1. The third-order valence-corrected chi connectivity index (χ3v) is 7.89. The fourth-order valence-electron chi connectivity index (χ4n) is 4.07. The highest BCUT2D eigenvalue weighted by molar-refractivity contribution is 8.00. The van der Waals surface area contributed by atoms with Crippen molar-refractivity contribution in [1.82, 2.24) is 15.2 Å². The van der Waals surface area contributed by atoms with Crippen LogP contribution in [0.4, 0.5) is 5.13 Å². The number of rotatable bonds is 8. The Bertz CT molecular complexity index is 1110. The van der Waals surface area contributed by atoms with E-state index in [9.17, 15) is 29.4 Å². The van der Waals surface area contributed by atoms with Crippen LogP contribution in [0.3, 0.4) is 0 Å². The summed E-state index contributed by atoms with van der Waals surface area (Å²) in [4.78, 5) is 59.9. The zero-order valence-corrected chi connectivity index (χ0v) is 19.4. The first-order valence-electron chi connectivity index (χ1n) is 10.3. The molecule has 0 aromatic carbocycles. The zero-order valence-electron chi connectivity index (χ0n) is 17.7. The maximum Gasteiger partial charge on any atom is 0.352 e. The van der Waals surface area contributed by atoms with E-state index in [0.717, 1.165) is 16.2 Å². The van der Waals surface area contributed by atoms with Crippen LogP contribution in [0.2, 0.25) is 0 Å². The molecule has 2 amide bonds. The van der Waals surface area contributed by atoms with Crippen LogP contribution in [0.25, 0.3) is 0 Å². The molecule has 0 radical (unpaired) electrons. The number of anilines is 1. The number of nitrogens with two attached hydrogens (primary N) is 2. The number of nitrogens with one attached hydrogen (secondary N) is 1. The fourth-order valence-corrected chi connectivity index (χ4v) is 5.98. The number of amides is 2. The molecule has 4 rings (SSSR count). The number of oxime groups is 1. The molecule has 34 heavy (non-hydrogen) atoms. The van der Waals surface area contributed by atoms with Gasteiger partial charge in [-0.25, -0.2) is 14.6 Å². The molecule has 1 aliphatic carbocycles. The predicted molar refractivity (Wildman–Crippen MR) is 122 cm³/mol. The lowest BCUT2D eigenvalue weighted by molar-refractivity contribution is -0.165. The van der Waals surface area contributed by atoms with Gasteiger partial charge in [0.05, 0.1) is 0 Å². The number of carbonyl (C=O) groups is 4. The predicted octanol–water partition coefficient (Wildman–Crippen LogP) is -0.459. The van der Waals surface area contributed by atoms with Crippen LogP contribution in [0.15, 0.2) is 21.8 Å². The third-order valence-electron chi connectivity index (χ3n) is 5.88. The van der Waals surface area contributed by atoms with E-state index >= 15 is 0 Å². The molecule has 2 fully saturated rings. The normalized spacial score (nSPS) is 23.9. The number of hydrogen-bond acceptors (Lipinski definition) is 11. The minimum absolute atomic E-state index is 0.00706. The summed E-state index contributed by atoms with van der Waals surface area (Å²) in [7, 11) is 0. The summed E-state index contributed by atoms with van der Waals surface area (Å²) in [5.74, 6) is -3.59. The Kier molecular flexibility index (Phi) is 6.51. The number of nitrogens with zero attached hydrogens (tertiary/aromatic N) is 3. The zero-order chi connectivity index (χ0) is 24.6. The van der Waals surface area contributed by atoms with Gasteiger partial charge in [0.2, 0.25) is 5.60 Å². The molecule has 0 spiro atoms. The fraction of sp³-hybridized carbons (Fsp3) is 0.474. The number of carboxylic acids is 2. The monoisotopic (exact) mass is 510 g/mol. The third kappa shape index (κ3) is 4.10. The Labute approximate surface area is 201 Å². The Morgan fingerprint density at radius 2 is 2.03 bits per heavy atom. The molecule has 2 aliphatic heterocycles. The standard InChI is InChI=1S/C19H22N6O7S2/c20-5-8-6-33-15-11(14(27)25(15)12(8)16(28)29)23-13(26)10(9-7-34-18(21)22-9)24-32-19(17(30)31)3-1-2-4-19/h7,11,15H,1-6,20H2,(H2,21,22)(H,23,26)(H,28,29)(H,30,31)/b24-10-/t11?,15-/m0/s1. The molecule has 1 unspecified atom stereocenters. The first-order valence-corrected chi connectivity index (χ1v) is 12.2. The first kappa shape index (κ1) is 24.0. The molecule has 1 aromatic rings. The van der Waals surface area contributed by atoms with Crippen LogP contribution in [-0.2, 0) is 24.0 Å². The topological polar surface area (TPSA) is 211 Å². The van der Waals surface area contributed by atoms with Crippen molar-refractivity contribution in [1.29, 1.82) is 0 Å². The van der Waals surface area contributed by atoms with Crippen molar-refractivity contribution in [3.05, 3.63) is 22.3 Å². The summed E-state index contributed by atoms with van der Waals surface area (Å²) >= 11 is 2.32. The van der Waals surface area contributed by atoms with E-state index in [0.29, 0.717) is 24.2 Å². The van der Waals surface area contributed by atoms with Crippen molar-refractivity contribution in [2.45, 2.75) is 42.7 Å². The highest BCUT2D eigenvalue weighted by Crippen LogP contribution is 2.40. The second-order valence-corrected chi connectivity index (χ2v) is 9.93. The summed E-state index contributed by atoms with van der Waals surface area (Å²) < 4.78 is 0. The summed E-state index contributed by atoms with van der Waals surface area (Å²) in [6, 6.07) is -1.02. The van der Waals surface area contributed by atoms with Gasteiger partial charge in [0, 0.05) is 30.5 Å². The molecule has 1 saturated heterocycles. The second kappa shape index (κ2) is 9.23. The van der Waals surface area contributed by atoms with Crippen molar-refractivity contribution in [3.8, 4) is 0 Å². The largest absolute Gasteiger partial charge is 0.478 e. The smallest absolute Gasteiger partial charge is 0.352 e. The number of carbonyl (C=O) groups excluding carboxylic acids is 2. The highest BCUT2D eigenvalue weighted by Gasteiger charge is 2.54. The van der Waals surface area contributed by atoms with Crippen molar-refractivity contribution in [3.63, 3.8) is 0 Å². The maximum absolute atomic E-state index is 13.1. The lowest BCUT2D eigenvalue weighted by atomic mass is 10.0. The van der Waals surface area contributed by atoms with E-state index in [1.807, 2.05) is 0 Å². The van der Waals surface area contributed by atoms with Crippen molar-refractivity contribution in [2.75, 3.05) is 18.0 Å². The molecule has 3 heterocycles. The second-order valence-electron chi connectivity index (χ2n) is 7.93. The van der Waals surface area contributed by atoms with E-state index in [4.69, 9.17) is 16.3 Å². The number of carboxylic acid groups (broad SMARTS) is 2.